The molecule has 0 amide bonds. The van der Waals surface area contributed by atoms with Crippen LogP contribution in [0, 0.1) is 0 Å². The zero-order chi connectivity index (χ0) is 17.0. The lowest BCUT2D eigenvalue weighted by Gasteiger charge is -2.32. The fourth-order valence-electron chi connectivity index (χ4n) is 3.02. The zero-order valence-electron chi connectivity index (χ0n) is 13.5. The topological polar surface area (TPSA) is 29.5 Å². The van der Waals surface area contributed by atoms with E-state index in [9.17, 15) is 4.57 Å². The molecule has 3 rings (SSSR count). The Morgan fingerprint density at radius 2 is 1.79 bits per heavy atom. The first-order valence-corrected chi connectivity index (χ1v) is 10.2. The smallest absolute Gasteiger partial charge is 0.349 e. The van der Waals surface area contributed by atoms with Crippen molar-refractivity contribution in [2.75, 3.05) is 12.4 Å². The normalized spacial score (nSPS) is 20.5. The van der Waals surface area contributed by atoms with Crippen LogP contribution in [0.4, 0.5) is 0 Å². The molecule has 1 unspecified atom stereocenters. The Balaban J connectivity index is 1.97. The van der Waals surface area contributed by atoms with Crippen molar-refractivity contribution in [1.29, 1.82) is 0 Å². The lowest BCUT2D eigenvalue weighted by molar-refractivity contribution is 0.347. The van der Waals surface area contributed by atoms with E-state index < -0.39 is 7.52 Å². The third-order valence-electron chi connectivity index (χ3n) is 4.27. The van der Waals surface area contributed by atoms with Crippen molar-refractivity contribution in [3.8, 4) is 0 Å². The quantitative estimate of drug-likeness (QED) is 0.416. The Kier molecular flexibility index (Phi) is 5.45. The molecular formula is C19H21ClNO2P. The van der Waals surface area contributed by atoms with Gasteiger partial charge in [-0.3, -0.25) is 4.57 Å². The number of alkyl halides is 1. The number of hydrogen-bond acceptors (Lipinski definition) is 2. The van der Waals surface area contributed by atoms with Gasteiger partial charge in [0.25, 0.3) is 0 Å². The maximum atomic E-state index is 14.0. The van der Waals surface area contributed by atoms with Gasteiger partial charge < -0.3 is 4.52 Å². The van der Waals surface area contributed by atoms with Gasteiger partial charge in [0.05, 0.1) is 5.30 Å². The Morgan fingerprint density at radius 3 is 2.42 bits per heavy atom. The maximum Gasteiger partial charge on any atom is 0.349 e. The summed E-state index contributed by atoms with van der Waals surface area (Å²) in [6, 6.07) is 19.0. The Morgan fingerprint density at radius 1 is 1.17 bits per heavy atom. The van der Waals surface area contributed by atoms with Crippen LogP contribution in [0.5, 0.6) is 0 Å². The van der Waals surface area contributed by atoms with Gasteiger partial charge in [0.2, 0.25) is 0 Å². The minimum Gasteiger partial charge on any atom is -0.429 e. The summed E-state index contributed by atoms with van der Waals surface area (Å²) in [4.78, 5) is 0. The van der Waals surface area contributed by atoms with Crippen molar-refractivity contribution >= 4 is 30.2 Å². The molecule has 2 aromatic rings. The number of rotatable bonds is 6. The first kappa shape index (κ1) is 17.3. The van der Waals surface area contributed by atoms with E-state index >= 15 is 0 Å². The summed E-state index contributed by atoms with van der Waals surface area (Å²) in [5.41, 5.74) is 0.829. The van der Waals surface area contributed by atoms with Gasteiger partial charge in [0.1, 0.15) is 5.76 Å². The average molecular weight is 362 g/mol. The molecule has 1 heterocycles. The van der Waals surface area contributed by atoms with Gasteiger partial charge in [-0.25, -0.2) is 4.67 Å². The summed E-state index contributed by atoms with van der Waals surface area (Å²) in [7, 11) is -3.26. The predicted molar refractivity (Wildman–Crippen MR) is 101 cm³/mol. The molecule has 0 spiro atoms. The lowest BCUT2D eigenvalue weighted by Crippen LogP contribution is -2.32. The molecule has 2 aromatic carbocycles. The average Bonchev–Trinajstić information content (AvgIpc) is 3.12. The molecule has 24 heavy (non-hydrogen) atoms. The summed E-state index contributed by atoms with van der Waals surface area (Å²) in [6.45, 7) is 4.72. The molecule has 0 radical (unpaired) electrons. The second kappa shape index (κ2) is 7.57. The van der Waals surface area contributed by atoms with Crippen LogP contribution >= 0.6 is 19.1 Å². The fourth-order valence-corrected chi connectivity index (χ4v) is 5.93. The molecule has 0 aromatic heterocycles. The SMILES string of the molecule is C=C(OP(=O)(c1ccccc1)N1CCC[C@H]1CCl)c1ccccc1. The standard InChI is InChI=1S/C19H21ClNO2P/c1-16(17-9-4-2-5-10-17)23-24(22,19-12-6-3-7-13-19)21-14-8-11-18(21)15-20/h2-7,9-10,12-13,18H,1,8,11,14-15H2/t18-,24?/m0/s1. The second-order valence-electron chi connectivity index (χ2n) is 5.85. The van der Waals surface area contributed by atoms with E-state index in [1.54, 1.807) is 0 Å². The van der Waals surface area contributed by atoms with Gasteiger partial charge >= 0.3 is 7.52 Å². The highest BCUT2D eigenvalue weighted by Crippen LogP contribution is 2.56. The Bertz CT molecular complexity index is 736. The van der Waals surface area contributed by atoms with Crippen LogP contribution in [-0.4, -0.2) is 23.1 Å². The van der Waals surface area contributed by atoms with E-state index in [1.807, 2.05) is 65.3 Å². The molecular weight excluding hydrogens is 341 g/mol. The number of nitrogens with zero attached hydrogens (tertiary/aromatic N) is 1. The first-order valence-electron chi connectivity index (χ1n) is 8.08. The van der Waals surface area contributed by atoms with Gasteiger partial charge in [0, 0.05) is 24.0 Å². The molecule has 1 fully saturated rings. The van der Waals surface area contributed by atoms with Crippen LogP contribution in [0.25, 0.3) is 5.76 Å². The summed E-state index contributed by atoms with van der Waals surface area (Å²) >= 11 is 6.11. The summed E-state index contributed by atoms with van der Waals surface area (Å²) in [6.07, 6.45) is 1.90. The van der Waals surface area contributed by atoms with Gasteiger partial charge in [0.15, 0.2) is 0 Å². The van der Waals surface area contributed by atoms with Gasteiger partial charge in [-0.15, -0.1) is 11.6 Å². The van der Waals surface area contributed by atoms with Crippen molar-refractivity contribution in [1.82, 2.24) is 4.67 Å². The van der Waals surface area contributed by atoms with Gasteiger partial charge in [-0.2, -0.15) is 0 Å². The molecule has 0 N–H and O–H groups in total. The monoisotopic (exact) mass is 361 g/mol. The molecule has 1 saturated heterocycles. The summed E-state index contributed by atoms with van der Waals surface area (Å²) in [5, 5.41) is 0.680. The van der Waals surface area contributed by atoms with E-state index in [4.69, 9.17) is 16.1 Å². The molecule has 1 aliphatic rings. The summed E-state index contributed by atoms with van der Waals surface area (Å²) in [5.74, 6) is 0.862. The van der Waals surface area contributed by atoms with Crippen molar-refractivity contribution in [3.63, 3.8) is 0 Å². The van der Waals surface area contributed by atoms with E-state index in [0.717, 1.165) is 18.4 Å². The minimum absolute atomic E-state index is 0.0567. The van der Waals surface area contributed by atoms with Crippen LogP contribution in [-0.2, 0) is 9.09 Å². The van der Waals surface area contributed by atoms with E-state index in [1.165, 1.54) is 0 Å². The van der Waals surface area contributed by atoms with Crippen LogP contribution in [0.3, 0.4) is 0 Å². The molecule has 3 nitrogen and oxygen atoms in total. The molecule has 126 valence electrons. The molecule has 1 aliphatic heterocycles. The van der Waals surface area contributed by atoms with Crippen LogP contribution < -0.4 is 5.30 Å². The van der Waals surface area contributed by atoms with Gasteiger partial charge in [-0.1, -0.05) is 55.1 Å². The Labute approximate surface area is 148 Å². The number of halogens is 1. The van der Waals surface area contributed by atoms with Crippen molar-refractivity contribution < 1.29 is 9.09 Å². The number of benzene rings is 2. The first-order chi connectivity index (χ1) is 11.6. The minimum atomic E-state index is -3.26. The molecule has 2 atom stereocenters. The zero-order valence-corrected chi connectivity index (χ0v) is 15.1. The van der Waals surface area contributed by atoms with Crippen molar-refractivity contribution in [2.24, 2.45) is 0 Å². The maximum absolute atomic E-state index is 14.0. The lowest BCUT2D eigenvalue weighted by atomic mass is 10.2. The fraction of sp³-hybridized carbons (Fsp3) is 0.263. The predicted octanol–water partition coefficient (Wildman–Crippen LogP) is 4.90. The Hall–Kier alpha value is -1.54. The third kappa shape index (κ3) is 3.44. The van der Waals surface area contributed by atoms with Crippen LogP contribution in [0.1, 0.15) is 18.4 Å². The molecule has 0 saturated carbocycles. The molecule has 0 aliphatic carbocycles. The summed E-state index contributed by atoms with van der Waals surface area (Å²) < 4.78 is 21.9. The van der Waals surface area contributed by atoms with E-state index in [-0.39, 0.29) is 6.04 Å². The van der Waals surface area contributed by atoms with Crippen molar-refractivity contribution in [2.45, 2.75) is 18.9 Å². The second-order valence-corrected chi connectivity index (χ2v) is 8.41. The van der Waals surface area contributed by atoms with E-state index in [2.05, 4.69) is 6.58 Å². The highest BCUT2D eigenvalue weighted by molar-refractivity contribution is 7.65. The number of hydrogen-bond donors (Lipinski definition) is 0. The third-order valence-corrected chi connectivity index (χ3v) is 7.25. The largest absolute Gasteiger partial charge is 0.429 e. The van der Waals surface area contributed by atoms with Crippen molar-refractivity contribution in [3.05, 3.63) is 72.8 Å². The van der Waals surface area contributed by atoms with Crippen LogP contribution in [0.15, 0.2) is 67.2 Å². The van der Waals surface area contributed by atoms with E-state index in [0.29, 0.717) is 23.5 Å². The van der Waals surface area contributed by atoms with Crippen LogP contribution in [0.2, 0.25) is 0 Å². The highest BCUT2D eigenvalue weighted by Gasteiger charge is 2.42. The van der Waals surface area contributed by atoms with Gasteiger partial charge in [-0.05, 0) is 25.0 Å². The highest BCUT2D eigenvalue weighted by atomic mass is 35.5. The molecule has 0 bridgehead atoms. The molecule has 5 heteroatoms.